The Morgan fingerprint density at radius 2 is 2.08 bits per heavy atom. The first-order chi connectivity index (χ1) is 5.70. The molecule has 0 amide bonds. The highest BCUT2D eigenvalue weighted by atomic mass is 16.6. The molecule has 0 aliphatic carbocycles. The summed E-state index contributed by atoms with van der Waals surface area (Å²) in [6.45, 7) is -0.401. The van der Waals surface area contributed by atoms with Crippen LogP contribution in [0.15, 0.2) is 5.11 Å². The van der Waals surface area contributed by atoms with Crippen molar-refractivity contribution in [3.05, 3.63) is 0 Å². The van der Waals surface area contributed by atoms with Crippen LogP contribution < -0.4 is 4.91 Å². The monoisotopic (exact) mass is 176 g/mol. The maximum atomic E-state index is 9.17. The summed E-state index contributed by atoms with van der Waals surface area (Å²) in [6, 6.07) is 0. The molecule has 0 aromatic carbocycles. The van der Waals surface area contributed by atoms with Crippen molar-refractivity contribution in [3.63, 3.8) is 0 Å². The number of hydrogen-bond acceptors (Lipinski definition) is 6. The van der Waals surface area contributed by atoms with E-state index in [-0.39, 0.29) is 0 Å². The molecule has 7 nitrogen and oxygen atoms in total. The Morgan fingerprint density at radius 1 is 1.42 bits per heavy atom. The van der Waals surface area contributed by atoms with E-state index in [0.717, 1.165) is 0 Å². The van der Waals surface area contributed by atoms with Crippen molar-refractivity contribution in [2.45, 2.75) is 24.5 Å². The van der Waals surface area contributed by atoms with Gasteiger partial charge in [0, 0.05) is 0 Å². The molecule has 0 unspecified atom stereocenters. The molecule has 0 saturated carbocycles. The lowest BCUT2D eigenvalue weighted by Gasteiger charge is -2.09. The molecule has 1 saturated heterocycles. The van der Waals surface area contributed by atoms with Crippen molar-refractivity contribution >= 4 is 0 Å². The van der Waals surface area contributed by atoms with Crippen molar-refractivity contribution in [2.24, 2.45) is 5.11 Å². The van der Waals surface area contributed by atoms with Gasteiger partial charge in [0.25, 0.3) is 6.23 Å². The van der Waals surface area contributed by atoms with E-state index in [9.17, 15) is 0 Å². The first kappa shape index (κ1) is 9.24. The molecule has 0 aromatic heterocycles. The molecule has 4 atom stereocenters. The number of aliphatic hydroxyl groups excluding tert-OH is 3. The predicted molar refractivity (Wildman–Crippen MR) is 35.0 cm³/mol. The van der Waals surface area contributed by atoms with Crippen molar-refractivity contribution in [2.75, 3.05) is 6.61 Å². The van der Waals surface area contributed by atoms with Crippen LogP contribution in [0.3, 0.4) is 0 Å². The largest absolute Gasteiger partial charge is 0.394 e. The third-order valence-corrected chi connectivity index (χ3v) is 1.69. The standard InChI is InChI=1S/C5H10N3O4/c6-8-7-5-4(11)3(10)2(1-9)12-5/h2-6,9-11H,1H2/q+1/t2-,3-,4+,5+/m0/s1. The predicted octanol–water partition coefficient (Wildman–Crippen LogP) is -2.02. The number of aliphatic hydroxyl groups is 3. The topological polar surface area (TPSA) is 120 Å². The van der Waals surface area contributed by atoms with Gasteiger partial charge in [-0.3, -0.25) is 0 Å². The van der Waals surface area contributed by atoms with Crippen LogP contribution >= 0.6 is 0 Å². The summed E-state index contributed by atoms with van der Waals surface area (Å²) in [4.78, 5) is 2.67. The molecule has 1 rings (SSSR count). The molecule has 0 bridgehead atoms. The molecule has 1 fully saturated rings. The molecule has 7 heteroatoms. The third-order valence-electron chi connectivity index (χ3n) is 1.69. The van der Waals surface area contributed by atoms with E-state index < -0.39 is 31.1 Å². The number of nitrogens with one attached hydrogen (secondary N) is 1. The van der Waals surface area contributed by atoms with Gasteiger partial charge in [-0.15, -0.1) is 0 Å². The zero-order chi connectivity index (χ0) is 9.14. The van der Waals surface area contributed by atoms with Crippen molar-refractivity contribution in [1.29, 1.82) is 5.53 Å². The highest BCUT2D eigenvalue weighted by Gasteiger charge is 2.45. The Kier molecular flexibility index (Phi) is 2.85. The molecule has 0 radical (unpaired) electrons. The summed E-state index contributed by atoms with van der Waals surface area (Å²) in [7, 11) is 0. The fraction of sp³-hybridized carbons (Fsp3) is 1.00. The summed E-state index contributed by atoms with van der Waals surface area (Å²) in [5.41, 5.74) is 6.37. The SMILES string of the molecule is N=[N+]=N[C@@H]1O[C@@H](CO)[C@H](O)[C@H]1O. The van der Waals surface area contributed by atoms with Crippen LogP contribution in [0.5, 0.6) is 0 Å². The number of rotatable bonds is 2. The zero-order valence-electron chi connectivity index (χ0n) is 6.16. The Morgan fingerprint density at radius 3 is 2.50 bits per heavy atom. The van der Waals surface area contributed by atoms with E-state index >= 15 is 0 Å². The van der Waals surface area contributed by atoms with Crippen molar-refractivity contribution < 1.29 is 20.1 Å². The van der Waals surface area contributed by atoms with Crippen molar-refractivity contribution in [3.8, 4) is 0 Å². The Bertz CT molecular complexity index is 205. The van der Waals surface area contributed by atoms with Crippen LogP contribution in [0.25, 0.3) is 0 Å². The summed E-state index contributed by atoms with van der Waals surface area (Å²) in [6.07, 6.45) is -4.30. The number of hydrogen-bond donors (Lipinski definition) is 4. The molecule has 12 heavy (non-hydrogen) atoms. The lowest BCUT2D eigenvalue weighted by Crippen LogP contribution is -2.33. The third kappa shape index (κ3) is 1.50. The maximum absolute atomic E-state index is 9.17. The molecule has 0 spiro atoms. The van der Waals surface area contributed by atoms with Gasteiger partial charge >= 0.3 is 0 Å². The van der Waals surface area contributed by atoms with E-state index in [1.807, 2.05) is 0 Å². The molecular formula is C5H10N3O4+. The lowest BCUT2D eigenvalue weighted by atomic mass is 10.1. The summed E-state index contributed by atoms with van der Waals surface area (Å²) < 4.78 is 4.85. The molecular weight excluding hydrogens is 166 g/mol. The minimum atomic E-state index is -1.23. The molecule has 0 aromatic rings. The molecule has 1 aliphatic heterocycles. The highest BCUT2D eigenvalue weighted by Crippen LogP contribution is 2.21. The number of ether oxygens (including phenoxy) is 1. The van der Waals surface area contributed by atoms with Crippen LogP contribution in [0.4, 0.5) is 0 Å². The maximum Gasteiger partial charge on any atom is 0.261 e. The van der Waals surface area contributed by atoms with E-state index in [1.54, 1.807) is 0 Å². The quantitative estimate of drug-likeness (QED) is 0.286. The molecule has 4 N–H and O–H groups in total. The fourth-order valence-corrected chi connectivity index (χ4v) is 1.03. The van der Waals surface area contributed by atoms with E-state index in [4.69, 9.17) is 25.6 Å². The minimum Gasteiger partial charge on any atom is -0.394 e. The minimum absolute atomic E-state index is 0.401. The Labute approximate surface area is 67.8 Å². The zero-order valence-corrected chi connectivity index (χ0v) is 6.16. The molecule has 1 aliphatic rings. The van der Waals surface area contributed by atoms with Crippen LogP contribution in [-0.4, -0.2) is 46.5 Å². The second-order valence-electron chi connectivity index (χ2n) is 2.44. The van der Waals surface area contributed by atoms with Crippen LogP contribution in [0, 0.1) is 5.53 Å². The van der Waals surface area contributed by atoms with E-state index in [1.165, 1.54) is 0 Å². The van der Waals surface area contributed by atoms with Crippen LogP contribution in [0.1, 0.15) is 0 Å². The second-order valence-corrected chi connectivity index (χ2v) is 2.44. The van der Waals surface area contributed by atoms with Gasteiger partial charge in [0.05, 0.1) is 6.61 Å². The van der Waals surface area contributed by atoms with Gasteiger partial charge in [-0.2, -0.15) is 0 Å². The Balaban J connectivity index is 2.66. The van der Waals surface area contributed by atoms with Gasteiger partial charge < -0.3 is 20.1 Å². The Hall–Kier alpha value is -0.850. The van der Waals surface area contributed by atoms with Gasteiger partial charge in [-0.1, -0.05) is 0 Å². The second kappa shape index (κ2) is 3.70. The average Bonchev–Trinajstić information content (AvgIpc) is 2.33. The van der Waals surface area contributed by atoms with Crippen LogP contribution in [-0.2, 0) is 4.74 Å². The fourth-order valence-electron chi connectivity index (χ4n) is 1.03. The number of nitrogens with zero attached hydrogens (tertiary/aromatic N) is 2. The van der Waals surface area contributed by atoms with Gasteiger partial charge in [-0.05, 0) is 0 Å². The molecule has 68 valence electrons. The van der Waals surface area contributed by atoms with Gasteiger partial charge in [0.1, 0.15) is 23.8 Å². The summed E-state index contributed by atoms with van der Waals surface area (Å²) in [5, 5.41) is 30.2. The van der Waals surface area contributed by atoms with Gasteiger partial charge in [-0.25, -0.2) is 0 Å². The smallest absolute Gasteiger partial charge is 0.261 e. The lowest BCUT2D eigenvalue weighted by molar-refractivity contribution is -0.0216. The molecule has 1 heterocycles. The highest BCUT2D eigenvalue weighted by molar-refractivity contribution is 4.88. The van der Waals surface area contributed by atoms with E-state index in [0.29, 0.717) is 0 Å². The van der Waals surface area contributed by atoms with Crippen LogP contribution in [0.2, 0.25) is 0 Å². The normalized spacial score (nSPS) is 40.9. The van der Waals surface area contributed by atoms with E-state index in [2.05, 4.69) is 10.0 Å². The summed E-state index contributed by atoms with van der Waals surface area (Å²) in [5.74, 6) is 0. The van der Waals surface area contributed by atoms with Gasteiger partial charge in [0.15, 0.2) is 5.11 Å². The average molecular weight is 176 g/mol. The first-order valence-electron chi connectivity index (χ1n) is 3.39. The summed E-state index contributed by atoms with van der Waals surface area (Å²) >= 11 is 0. The van der Waals surface area contributed by atoms with Gasteiger partial charge in [0.2, 0.25) is 4.91 Å². The first-order valence-corrected chi connectivity index (χ1v) is 3.39. The van der Waals surface area contributed by atoms with Crippen molar-refractivity contribution in [1.82, 2.24) is 4.91 Å².